The Kier molecular flexibility index (Phi) is 3.40. The minimum atomic E-state index is -2.46. The van der Waals surface area contributed by atoms with E-state index in [1.54, 1.807) is 0 Å². The van der Waals surface area contributed by atoms with Crippen molar-refractivity contribution in [3.8, 4) is 5.75 Å². The summed E-state index contributed by atoms with van der Waals surface area (Å²) in [4.78, 5) is 3.03. The van der Waals surface area contributed by atoms with Crippen LogP contribution in [0.15, 0.2) is 0 Å². The summed E-state index contributed by atoms with van der Waals surface area (Å²) in [7, 11) is 0. The monoisotopic (exact) mass is 398 g/mol. The number of benzene rings is 4. The molecule has 0 aliphatic heterocycles. The van der Waals surface area contributed by atoms with E-state index in [0.29, 0.717) is 0 Å². The maximum Gasteiger partial charge on any atom is 0.219 e. The lowest BCUT2D eigenvalue weighted by atomic mass is 9.91. The standard InChI is InChI=1S/C16F10O/c17-7-3-1-2-4(8(7)18)10(20)15(25)12(22)6(2)16(27-26)13(23)5(1)11(21)14(24)9(3)19. The molecule has 140 valence electrons. The summed E-state index contributed by atoms with van der Waals surface area (Å²) in [6.45, 7) is 0. The zero-order valence-electron chi connectivity index (χ0n) is 12.2. The zero-order valence-corrected chi connectivity index (χ0v) is 12.2. The first-order chi connectivity index (χ1) is 12.6. The van der Waals surface area contributed by atoms with Gasteiger partial charge >= 0.3 is 0 Å². The lowest BCUT2D eigenvalue weighted by molar-refractivity contribution is -0.00851. The molecule has 0 fully saturated rings. The van der Waals surface area contributed by atoms with E-state index in [4.69, 9.17) is 0 Å². The van der Waals surface area contributed by atoms with Crippen molar-refractivity contribution in [1.82, 2.24) is 0 Å². The van der Waals surface area contributed by atoms with Gasteiger partial charge in [-0.1, -0.05) is 0 Å². The molecule has 1 nitrogen and oxygen atoms in total. The van der Waals surface area contributed by atoms with Gasteiger partial charge in [0.2, 0.25) is 5.75 Å². The van der Waals surface area contributed by atoms with E-state index in [1.807, 2.05) is 0 Å². The third-order valence-electron chi connectivity index (χ3n) is 4.25. The highest BCUT2D eigenvalue weighted by atomic mass is 19.3. The Balaban J connectivity index is 2.62. The Labute approximate surface area is 140 Å². The molecule has 11 heteroatoms. The van der Waals surface area contributed by atoms with E-state index in [-0.39, 0.29) is 0 Å². The molecule has 0 aliphatic carbocycles. The first kappa shape index (κ1) is 17.4. The second kappa shape index (κ2) is 5.27. The molecule has 0 N–H and O–H groups in total. The predicted molar refractivity (Wildman–Crippen MR) is 71.5 cm³/mol. The second-order valence-corrected chi connectivity index (χ2v) is 5.48. The molecule has 4 aromatic rings. The lowest BCUT2D eigenvalue weighted by Gasteiger charge is -2.17. The summed E-state index contributed by atoms with van der Waals surface area (Å²) in [6.07, 6.45) is 0. The lowest BCUT2D eigenvalue weighted by Crippen LogP contribution is -2.07. The quantitative estimate of drug-likeness (QED) is 0.214. The Bertz CT molecular complexity index is 1300. The van der Waals surface area contributed by atoms with Crippen LogP contribution in [0.3, 0.4) is 0 Å². The summed E-state index contributed by atoms with van der Waals surface area (Å²) >= 11 is 0. The Morgan fingerprint density at radius 3 is 1.04 bits per heavy atom. The summed E-state index contributed by atoms with van der Waals surface area (Å²) < 4.78 is 139. The Morgan fingerprint density at radius 2 is 0.630 bits per heavy atom. The van der Waals surface area contributed by atoms with Gasteiger partial charge in [0, 0.05) is 15.3 Å². The number of hydrogen-bond acceptors (Lipinski definition) is 1. The average molecular weight is 398 g/mol. The molecule has 27 heavy (non-hydrogen) atoms. The van der Waals surface area contributed by atoms with Gasteiger partial charge in [0.1, 0.15) is 0 Å². The van der Waals surface area contributed by atoms with E-state index in [2.05, 4.69) is 4.94 Å². The van der Waals surface area contributed by atoms with Gasteiger partial charge < -0.3 is 0 Å². The number of hydrogen-bond donors (Lipinski definition) is 0. The summed E-state index contributed by atoms with van der Waals surface area (Å²) in [5, 5.41) is -9.34. The summed E-state index contributed by atoms with van der Waals surface area (Å²) in [5.41, 5.74) is 0. The van der Waals surface area contributed by atoms with Crippen molar-refractivity contribution in [1.29, 1.82) is 0 Å². The molecular weight excluding hydrogens is 398 g/mol. The van der Waals surface area contributed by atoms with Crippen LogP contribution in [0.2, 0.25) is 0 Å². The molecule has 4 aromatic carbocycles. The second-order valence-electron chi connectivity index (χ2n) is 5.48. The van der Waals surface area contributed by atoms with Crippen LogP contribution in [0.5, 0.6) is 5.75 Å². The fraction of sp³-hybridized carbons (Fsp3) is 0. The van der Waals surface area contributed by atoms with Crippen molar-refractivity contribution >= 4 is 32.3 Å². The highest BCUT2D eigenvalue weighted by Crippen LogP contribution is 2.48. The van der Waals surface area contributed by atoms with E-state index < -0.39 is 90.4 Å². The predicted octanol–water partition coefficient (Wildman–Crippen LogP) is 6.10. The first-order valence-corrected chi connectivity index (χ1v) is 6.81. The molecule has 0 aromatic heterocycles. The van der Waals surface area contributed by atoms with Crippen molar-refractivity contribution in [2.75, 3.05) is 0 Å². The van der Waals surface area contributed by atoms with E-state index >= 15 is 0 Å². The van der Waals surface area contributed by atoms with E-state index in [0.717, 1.165) is 0 Å². The van der Waals surface area contributed by atoms with Crippen molar-refractivity contribution in [2.24, 2.45) is 0 Å². The van der Waals surface area contributed by atoms with Gasteiger partial charge in [-0.25, -0.2) is 39.5 Å². The first-order valence-electron chi connectivity index (χ1n) is 6.81. The van der Waals surface area contributed by atoms with Gasteiger partial charge in [-0.15, -0.1) is 0 Å². The van der Waals surface area contributed by atoms with Gasteiger partial charge in [0.25, 0.3) is 0 Å². The maximum absolute atomic E-state index is 14.4. The van der Waals surface area contributed by atoms with Crippen molar-refractivity contribution < 1.29 is 49.0 Å². The summed E-state index contributed by atoms with van der Waals surface area (Å²) in [6, 6.07) is 0. The largest absolute Gasteiger partial charge is 0.290 e. The average Bonchev–Trinajstić information content (AvgIpc) is 2.63. The van der Waals surface area contributed by atoms with Gasteiger partial charge in [-0.2, -0.15) is 0 Å². The van der Waals surface area contributed by atoms with Crippen LogP contribution < -0.4 is 4.94 Å². The number of halogens is 10. The topological polar surface area (TPSA) is 9.23 Å². The number of rotatable bonds is 1. The van der Waals surface area contributed by atoms with Crippen LogP contribution in [0.25, 0.3) is 32.3 Å². The molecule has 4 rings (SSSR count). The Hall–Kier alpha value is -2.98. The third-order valence-corrected chi connectivity index (χ3v) is 4.25. The van der Waals surface area contributed by atoms with E-state index in [1.165, 1.54) is 0 Å². The highest BCUT2D eigenvalue weighted by Gasteiger charge is 2.35. The van der Waals surface area contributed by atoms with Crippen LogP contribution in [0, 0.1) is 52.4 Å². The highest BCUT2D eigenvalue weighted by molar-refractivity contribution is 6.25. The minimum absolute atomic E-state index is 1.33. The minimum Gasteiger partial charge on any atom is -0.290 e. The van der Waals surface area contributed by atoms with Crippen molar-refractivity contribution in [2.45, 2.75) is 0 Å². The zero-order chi connectivity index (χ0) is 19.9. The van der Waals surface area contributed by atoms with E-state index in [9.17, 15) is 44.0 Å². The van der Waals surface area contributed by atoms with Crippen LogP contribution in [0.4, 0.5) is 44.0 Å². The molecule has 0 saturated carbocycles. The molecule has 0 amide bonds. The molecule has 0 saturated heterocycles. The van der Waals surface area contributed by atoms with Crippen LogP contribution in [0.1, 0.15) is 0 Å². The molecule has 0 radical (unpaired) electrons. The van der Waals surface area contributed by atoms with Crippen LogP contribution >= 0.6 is 0 Å². The van der Waals surface area contributed by atoms with Crippen molar-refractivity contribution in [3.63, 3.8) is 0 Å². The normalized spacial score (nSPS) is 12.1. The molecular formula is C16F10O. The van der Waals surface area contributed by atoms with Gasteiger partial charge in [0.15, 0.2) is 52.4 Å². The SMILES string of the molecule is FOc1c(F)c2c(F)c(F)c(F)c3c(F)c(F)c4c(F)c(F)c(F)c1c4c32. The Morgan fingerprint density at radius 1 is 0.333 bits per heavy atom. The molecule has 0 heterocycles. The molecule has 0 atom stereocenters. The van der Waals surface area contributed by atoms with Crippen LogP contribution in [-0.2, 0) is 0 Å². The van der Waals surface area contributed by atoms with Gasteiger partial charge in [-0.3, -0.25) is 4.94 Å². The fourth-order valence-electron chi connectivity index (χ4n) is 3.17. The van der Waals surface area contributed by atoms with Gasteiger partial charge in [0.05, 0.1) is 21.5 Å². The molecule has 0 aliphatic rings. The van der Waals surface area contributed by atoms with Crippen molar-refractivity contribution in [3.05, 3.63) is 52.4 Å². The fourth-order valence-corrected chi connectivity index (χ4v) is 3.17. The maximum atomic E-state index is 14.4. The van der Waals surface area contributed by atoms with Gasteiger partial charge in [-0.05, 0) is 0 Å². The smallest absolute Gasteiger partial charge is 0.219 e. The molecule has 0 bridgehead atoms. The molecule has 0 spiro atoms. The third kappa shape index (κ3) is 1.81. The van der Waals surface area contributed by atoms with Crippen LogP contribution in [-0.4, -0.2) is 0 Å². The summed E-state index contributed by atoms with van der Waals surface area (Å²) in [5.74, 6) is -22.9. The molecule has 0 unspecified atom stereocenters.